The van der Waals surface area contributed by atoms with E-state index in [1.54, 1.807) is 0 Å². The molecule has 7 nitrogen and oxygen atoms in total. The first-order valence-corrected chi connectivity index (χ1v) is 35.5. The minimum Gasteiger partial charge on any atom is -0.459 e. The van der Waals surface area contributed by atoms with Crippen molar-refractivity contribution in [1.82, 2.24) is 4.57 Å². The minimum atomic E-state index is -0.452. The fourth-order valence-electron chi connectivity index (χ4n) is 17.8. The lowest BCUT2D eigenvalue weighted by Crippen LogP contribution is -2.66. The summed E-state index contributed by atoms with van der Waals surface area (Å²) in [6, 6.07) is 73.2. The summed E-state index contributed by atoms with van der Waals surface area (Å²) < 4.78 is 32.8. The van der Waals surface area contributed by atoms with Crippen molar-refractivity contribution in [2.75, 3.05) is 9.80 Å². The molecule has 18 rings (SSSR count). The zero-order valence-electron chi connectivity index (χ0n) is 56.4. The van der Waals surface area contributed by atoms with Crippen molar-refractivity contribution in [3.8, 4) is 51.7 Å². The highest BCUT2D eigenvalue weighted by Gasteiger charge is 2.54. The van der Waals surface area contributed by atoms with Gasteiger partial charge in [0.2, 0.25) is 0 Å². The lowest BCUT2D eigenvalue weighted by Gasteiger charge is -2.47. The Balaban J connectivity index is 0.984. The third-order valence-corrected chi connectivity index (χ3v) is 22.1. The van der Waals surface area contributed by atoms with E-state index in [2.05, 4.69) is 264 Å². The molecule has 7 heterocycles. The Morgan fingerprint density at radius 2 is 0.719 bits per heavy atom. The number of anilines is 6. The molecule has 0 bridgehead atoms. The molecule has 0 radical (unpaired) electrons. The van der Waals surface area contributed by atoms with Crippen LogP contribution in [-0.2, 0) is 12.8 Å². The van der Waals surface area contributed by atoms with E-state index >= 15 is 0 Å². The monoisotopic (exact) mass is 1250 g/mol. The van der Waals surface area contributed by atoms with E-state index in [0.717, 1.165) is 148 Å². The van der Waals surface area contributed by atoms with E-state index in [1.807, 2.05) is 0 Å². The molecule has 0 N–H and O–H groups in total. The van der Waals surface area contributed by atoms with Crippen molar-refractivity contribution in [2.24, 2.45) is 11.8 Å². The van der Waals surface area contributed by atoms with Crippen LogP contribution in [0.4, 0.5) is 34.1 Å². The lowest BCUT2D eigenvalue weighted by molar-refractivity contribution is 0.449. The number of aromatic nitrogens is 1. The van der Waals surface area contributed by atoms with Crippen LogP contribution in [0.5, 0.6) is 46.0 Å². The normalized spacial score (nSPS) is 14.4. The number of aryl methyl sites for hydroxylation is 4. The Labute approximate surface area is 565 Å². The summed E-state index contributed by atoms with van der Waals surface area (Å²) in [5.74, 6) is 7.88. The Morgan fingerprint density at radius 3 is 1.10 bits per heavy atom. The van der Waals surface area contributed by atoms with Gasteiger partial charge in [0, 0.05) is 68.0 Å². The maximum absolute atomic E-state index is 7.77. The molecular formula is C86H78B3N3O4. The molecule has 0 saturated carbocycles. The fourth-order valence-corrected chi connectivity index (χ4v) is 17.8. The molecule has 0 amide bonds. The molecular weight excluding hydrogens is 1170 g/mol. The van der Waals surface area contributed by atoms with Crippen LogP contribution in [0.1, 0.15) is 112 Å². The molecule has 12 aromatic rings. The number of hydrogen-bond acceptors (Lipinski definition) is 6. The molecule has 0 saturated heterocycles. The van der Waals surface area contributed by atoms with E-state index in [0.29, 0.717) is 11.8 Å². The van der Waals surface area contributed by atoms with Crippen LogP contribution in [-0.4, -0.2) is 24.7 Å². The predicted octanol–water partition coefficient (Wildman–Crippen LogP) is 17.1. The highest BCUT2D eigenvalue weighted by molar-refractivity contribution is 7.05. The predicted molar refractivity (Wildman–Crippen MR) is 403 cm³/mol. The highest BCUT2D eigenvalue weighted by Crippen LogP contribution is 2.52. The van der Waals surface area contributed by atoms with Crippen LogP contribution in [0, 0.1) is 39.5 Å². The van der Waals surface area contributed by atoms with E-state index < -0.39 is 6.71 Å². The van der Waals surface area contributed by atoms with Gasteiger partial charge in [0.25, 0.3) is 20.1 Å². The second-order valence-corrected chi connectivity index (χ2v) is 28.5. The average Bonchev–Trinajstić information content (AvgIpc) is 0.695. The Morgan fingerprint density at radius 1 is 0.344 bits per heavy atom. The molecule has 96 heavy (non-hydrogen) atoms. The van der Waals surface area contributed by atoms with E-state index in [-0.39, 0.29) is 13.4 Å². The van der Waals surface area contributed by atoms with Crippen molar-refractivity contribution in [3.05, 3.63) is 228 Å². The molecule has 0 spiro atoms. The van der Waals surface area contributed by atoms with E-state index in [9.17, 15) is 0 Å². The lowest BCUT2D eigenvalue weighted by atomic mass is 9.29. The third-order valence-electron chi connectivity index (χ3n) is 22.1. The molecule has 6 aliphatic heterocycles. The number of unbranched alkanes of at least 4 members (excludes halogenated alkanes) is 2. The van der Waals surface area contributed by atoms with Gasteiger partial charge in [-0.1, -0.05) is 176 Å². The van der Waals surface area contributed by atoms with Crippen molar-refractivity contribution in [1.29, 1.82) is 0 Å². The molecule has 470 valence electrons. The van der Waals surface area contributed by atoms with Crippen LogP contribution in [0.15, 0.2) is 194 Å². The highest BCUT2D eigenvalue weighted by atomic mass is 16.5. The average molecular weight is 1250 g/mol. The van der Waals surface area contributed by atoms with Gasteiger partial charge in [-0.15, -0.1) is 0 Å². The zero-order chi connectivity index (χ0) is 64.8. The number of para-hydroxylation sites is 4. The molecule has 11 aromatic carbocycles. The van der Waals surface area contributed by atoms with Crippen LogP contribution in [0.2, 0.25) is 0 Å². The summed E-state index contributed by atoms with van der Waals surface area (Å²) >= 11 is 0. The van der Waals surface area contributed by atoms with Gasteiger partial charge < -0.3 is 33.3 Å². The Hall–Kier alpha value is -9.79. The van der Waals surface area contributed by atoms with Gasteiger partial charge in [0.1, 0.15) is 46.0 Å². The second-order valence-electron chi connectivity index (χ2n) is 28.5. The van der Waals surface area contributed by atoms with Crippen LogP contribution in [0.3, 0.4) is 0 Å². The first-order valence-electron chi connectivity index (χ1n) is 35.5. The Bertz CT molecular complexity index is 4850. The van der Waals surface area contributed by atoms with E-state index in [4.69, 9.17) is 18.9 Å². The number of ether oxygens (including phenoxy) is 4. The summed E-state index contributed by atoms with van der Waals surface area (Å²) in [6.07, 6.45) is 11.9. The SMILES string of the molecule is CCCCC(CC)Cc1ccc2c(c1)c1cc(CC(CC)CCCC)ccc1n2-c1cc2c3c(c1)N(c1cc(C)cc(C)c1)c1cc4c5c(c1B3c1c(cc3c6c1Oc1ccccc1B6c1ccccc1O3)N2c1cc(C)cc(C)c1)Oc1ccccc1B5c1ccccc1O4. The smallest absolute Gasteiger partial charge is 0.261 e. The van der Waals surface area contributed by atoms with Gasteiger partial charge in [0.15, 0.2) is 0 Å². The zero-order valence-corrected chi connectivity index (χ0v) is 56.4. The topological polar surface area (TPSA) is 48.3 Å². The fraction of sp³-hybridized carbons (Fsp3) is 0.233. The minimum absolute atomic E-state index is 0.160. The number of hydrogen-bond donors (Lipinski definition) is 0. The van der Waals surface area contributed by atoms with Gasteiger partial charge in [0.05, 0.1) is 16.7 Å². The quantitative estimate of drug-likeness (QED) is 0.0954. The Kier molecular flexibility index (Phi) is 14.1. The van der Waals surface area contributed by atoms with Gasteiger partial charge in [-0.3, -0.25) is 0 Å². The van der Waals surface area contributed by atoms with Crippen molar-refractivity contribution >= 4 is 125 Å². The van der Waals surface area contributed by atoms with Crippen LogP contribution < -0.4 is 77.9 Å². The first kappa shape index (κ1) is 58.8. The summed E-state index contributed by atoms with van der Waals surface area (Å²) in [5.41, 5.74) is 27.1. The van der Waals surface area contributed by atoms with Gasteiger partial charge in [-0.05, 0) is 209 Å². The second kappa shape index (κ2) is 23.0. The molecule has 10 heteroatoms. The van der Waals surface area contributed by atoms with Crippen LogP contribution >= 0.6 is 0 Å². The van der Waals surface area contributed by atoms with Gasteiger partial charge in [-0.25, -0.2) is 0 Å². The molecule has 6 aliphatic rings. The number of rotatable bonds is 15. The van der Waals surface area contributed by atoms with Crippen molar-refractivity contribution in [2.45, 2.75) is 120 Å². The van der Waals surface area contributed by atoms with Crippen LogP contribution in [0.25, 0.3) is 27.5 Å². The molecule has 0 aliphatic carbocycles. The summed E-state index contributed by atoms with van der Waals surface area (Å²) in [6.45, 7) is 17.6. The molecule has 2 atom stereocenters. The number of nitrogens with zero attached hydrogens (tertiary/aromatic N) is 3. The standard InChI is InChI=1S/C86H78B3N3O4/c1-9-13-23-55(11-3)43-57-33-35-68-62(45-57)63-46-58(44-56(12-4)24-14-10-2)34-36-69(63)90(68)61-47-70-80-71(48-61)92(60-41-53(7)38-54(8)42-60)73-50-79-84-86(96-77-32-22-18-28-67(77)88(84)65-26-16-20-30-75(65)94-79)82(73)89(80)81-72(91(70)59-39-51(5)37-52(6)40-59)49-78-83-85(81)95-76-31-21-17-27-66(76)87(83)64-25-15-19-29-74(64)93-78/h15-22,25-42,45-50,55-56H,9-14,23-24,43-44H2,1-8H3. The largest absolute Gasteiger partial charge is 0.459 e. The van der Waals surface area contributed by atoms with E-state index in [1.165, 1.54) is 107 Å². The first-order chi connectivity index (χ1) is 47.0. The molecule has 1 aromatic heterocycles. The number of fused-ring (bicyclic) bond motifs is 17. The molecule has 0 fully saturated rings. The van der Waals surface area contributed by atoms with Crippen molar-refractivity contribution < 1.29 is 18.9 Å². The maximum Gasteiger partial charge on any atom is 0.261 e. The summed E-state index contributed by atoms with van der Waals surface area (Å²) in [5, 5.41) is 2.61. The van der Waals surface area contributed by atoms with Crippen molar-refractivity contribution in [3.63, 3.8) is 0 Å². The van der Waals surface area contributed by atoms with Gasteiger partial charge in [-0.2, -0.15) is 0 Å². The maximum atomic E-state index is 7.77. The van der Waals surface area contributed by atoms with Gasteiger partial charge >= 0.3 is 0 Å². The summed E-state index contributed by atoms with van der Waals surface area (Å²) in [7, 11) is 0. The third kappa shape index (κ3) is 9.17. The molecule has 2 unspecified atom stereocenters. The number of benzene rings is 11. The summed E-state index contributed by atoms with van der Waals surface area (Å²) in [4.78, 5) is 5.13.